The Morgan fingerprint density at radius 3 is 2.68 bits per heavy atom. The summed E-state index contributed by atoms with van der Waals surface area (Å²) in [4.78, 5) is 0.406. The largest absolute Gasteiger partial charge is 0.368 e. The SMILES string of the molecule is CC1(C)CCC[C@]2(C)C3CCO[C@@H](O)[C@@H]3[C@H](Br)CC12. The highest BCUT2D eigenvalue weighted by Gasteiger charge is 2.59. The first-order chi connectivity index (χ1) is 8.86. The summed E-state index contributed by atoms with van der Waals surface area (Å²) in [5, 5.41) is 10.3. The molecule has 1 N–H and O–H groups in total. The van der Waals surface area contributed by atoms with Gasteiger partial charge in [0.25, 0.3) is 0 Å². The zero-order chi connectivity index (χ0) is 13.8. The van der Waals surface area contributed by atoms with Gasteiger partial charge in [-0.05, 0) is 48.3 Å². The van der Waals surface area contributed by atoms with E-state index in [2.05, 4.69) is 36.7 Å². The summed E-state index contributed by atoms with van der Waals surface area (Å²) in [6, 6.07) is 0. The van der Waals surface area contributed by atoms with Gasteiger partial charge >= 0.3 is 0 Å². The van der Waals surface area contributed by atoms with Crippen LogP contribution in [0.2, 0.25) is 0 Å². The molecular weight excluding hydrogens is 304 g/mol. The molecule has 0 radical (unpaired) electrons. The van der Waals surface area contributed by atoms with Crippen molar-refractivity contribution in [2.75, 3.05) is 6.61 Å². The molecule has 0 spiro atoms. The van der Waals surface area contributed by atoms with Gasteiger partial charge < -0.3 is 9.84 Å². The van der Waals surface area contributed by atoms with Gasteiger partial charge in [0, 0.05) is 10.7 Å². The predicted octanol–water partition coefficient (Wildman–Crippen LogP) is 3.96. The van der Waals surface area contributed by atoms with E-state index < -0.39 is 6.29 Å². The van der Waals surface area contributed by atoms with E-state index in [4.69, 9.17) is 4.74 Å². The lowest BCUT2D eigenvalue weighted by Crippen LogP contribution is -2.59. The fourth-order valence-corrected chi connectivity index (χ4v) is 6.60. The summed E-state index contributed by atoms with van der Waals surface area (Å²) < 4.78 is 5.52. The summed E-state index contributed by atoms with van der Waals surface area (Å²) >= 11 is 3.87. The van der Waals surface area contributed by atoms with Crippen molar-refractivity contribution in [2.24, 2.45) is 28.6 Å². The molecule has 2 nitrogen and oxygen atoms in total. The quantitative estimate of drug-likeness (QED) is 0.681. The number of aliphatic hydroxyl groups excluding tert-OH is 1. The standard InChI is InChI=1S/C16H27BrO2/c1-15(2)6-4-7-16(3)10-5-8-19-14(18)13(10)11(17)9-12(15)16/h10-14,18H,4-9H2,1-3H3/t10?,11-,12?,13+,14-,16-/m1/s1. The monoisotopic (exact) mass is 330 g/mol. The molecule has 3 fully saturated rings. The van der Waals surface area contributed by atoms with Gasteiger partial charge in [-0.1, -0.05) is 43.1 Å². The smallest absolute Gasteiger partial charge is 0.158 e. The molecule has 1 saturated heterocycles. The summed E-state index contributed by atoms with van der Waals surface area (Å²) in [5.41, 5.74) is 0.828. The van der Waals surface area contributed by atoms with Gasteiger partial charge in [-0.2, -0.15) is 0 Å². The number of aliphatic hydroxyl groups is 1. The van der Waals surface area contributed by atoms with Gasteiger partial charge in [0.05, 0.1) is 6.61 Å². The lowest BCUT2D eigenvalue weighted by atomic mass is 9.45. The number of ether oxygens (including phenoxy) is 1. The zero-order valence-electron chi connectivity index (χ0n) is 12.4. The maximum atomic E-state index is 10.3. The molecule has 3 aliphatic rings. The number of rotatable bonds is 0. The fraction of sp³-hybridized carbons (Fsp3) is 1.00. The second-order valence-corrected chi connectivity index (χ2v) is 9.06. The van der Waals surface area contributed by atoms with Crippen molar-refractivity contribution in [1.82, 2.24) is 0 Å². The van der Waals surface area contributed by atoms with E-state index >= 15 is 0 Å². The highest BCUT2D eigenvalue weighted by Crippen LogP contribution is 2.63. The van der Waals surface area contributed by atoms with E-state index in [1.165, 1.54) is 25.7 Å². The second kappa shape index (κ2) is 4.71. The van der Waals surface area contributed by atoms with Crippen molar-refractivity contribution in [3.05, 3.63) is 0 Å². The first-order valence-electron chi connectivity index (χ1n) is 7.80. The Morgan fingerprint density at radius 2 is 1.95 bits per heavy atom. The number of hydrogen-bond donors (Lipinski definition) is 1. The van der Waals surface area contributed by atoms with Crippen LogP contribution in [0.5, 0.6) is 0 Å². The molecule has 0 aromatic rings. The highest BCUT2D eigenvalue weighted by molar-refractivity contribution is 9.09. The Balaban J connectivity index is 1.97. The number of halogens is 1. The average molecular weight is 331 g/mol. The molecule has 2 aliphatic carbocycles. The van der Waals surface area contributed by atoms with Crippen molar-refractivity contribution < 1.29 is 9.84 Å². The first-order valence-corrected chi connectivity index (χ1v) is 8.71. The minimum absolute atomic E-state index is 0.281. The molecular formula is C16H27BrO2. The van der Waals surface area contributed by atoms with Crippen LogP contribution >= 0.6 is 15.9 Å². The summed E-state index contributed by atoms with van der Waals surface area (Å²) in [7, 11) is 0. The first kappa shape index (κ1) is 14.3. The van der Waals surface area contributed by atoms with Crippen LogP contribution in [0.4, 0.5) is 0 Å². The van der Waals surface area contributed by atoms with Crippen LogP contribution in [0.3, 0.4) is 0 Å². The lowest BCUT2D eigenvalue weighted by Gasteiger charge is -2.62. The molecule has 0 amide bonds. The Morgan fingerprint density at radius 1 is 1.21 bits per heavy atom. The average Bonchev–Trinajstić information content (AvgIpc) is 2.32. The predicted molar refractivity (Wildman–Crippen MR) is 80.1 cm³/mol. The normalized spacial score (nSPS) is 53.2. The molecule has 0 aromatic heterocycles. The van der Waals surface area contributed by atoms with Crippen molar-refractivity contribution in [2.45, 2.75) is 64.0 Å². The Hall–Kier alpha value is 0.400. The third-order valence-electron chi connectivity index (χ3n) is 6.51. The second-order valence-electron chi connectivity index (χ2n) is 7.89. The molecule has 1 heterocycles. The van der Waals surface area contributed by atoms with Crippen LogP contribution < -0.4 is 0 Å². The molecule has 2 saturated carbocycles. The molecule has 6 atom stereocenters. The minimum Gasteiger partial charge on any atom is -0.368 e. The molecule has 1 aliphatic heterocycles. The van der Waals surface area contributed by atoms with E-state index in [-0.39, 0.29) is 5.92 Å². The minimum atomic E-state index is -0.564. The molecule has 110 valence electrons. The molecule has 0 aromatic carbocycles. The summed E-state index contributed by atoms with van der Waals surface area (Å²) in [6.07, 6.45) is 5.76. The van der Waals surface area contributed by atoms with Gasteiger partial charge in [0.15, 0.2) is 6.29 Å². The topological polar surface area (TPSA) is 29.5 Å². The van der Waals surface area contributed by atoms with Gasteiger partial charge in [0.1, 0.15) is 0 Å². The fourth-order valence-electron chi connectivity index (χ4n) is 5.60. The molecule has 0 bridgehead atoms. The van der Waals surface area contributed by atoms with Crippen LogP contribution in [-0.4, -0.2) is 22.8 Å². The third kappa shape index (κ3) is 2.11. The van der Waals surface area contributed by atoms with Crippen LogP contribution in [0.1, 0.15) is 52.9 Å². The molecule has 3 rings (SSSR count). The van der Waals surface area contributed by atoms with E-state index in [1.807, 2.05) is 0 Å². The van der Waals surface area contributed by atoms with Crippen LogP contribution in [0, 0.1) is 28.6 Å². The van der Waals surface area contributed by atoms with Gasteiger partial charge in [0.2, 0.25) is 0 Å². The van der Waals surface area contributed by atoms with Crippen molar-refractivity contribution in [3.8, 4) is 0 Å². The van der Waals surface area contributed by atoms with Gasteiger partial charge in [-0.15, -0.1) is 0 Å². The Labute approximate surface area is 125 Å². The van der Waals surface area contributed by atoms with E-state index in [9.17, 15) is 5.11 Å². The van der Waals surface area contributed by atoms with E-state index in [0.29, 0.717) is 21.6 Å². The summed E-state index contributed by atoms with van der Waals surface area (Å²) in [5.74, 6) is 1.66. The molecule has 19 heavy (non-hydrogen) atoms. The van der Waals surface area contributed by atoms with Gasteiger partial charge in [-0.25, -0.2) is 0 Å². The molecule has 3 heteroatoms. The van der Waals surface area contributed by atoms with Crippen molar-refractivity contribution in [1.29, 1.82) is 0 Å². The third-order valence-corrected chi connectivity index (χ3v) is 7.50. The number of fused-ring (bicyclic) bond motifs is 3. The van der Waals surface area contributed by atoms with Crippen LogP contribution in [0.15, 0.2) is 0 Å². The molecule has 2 unspecified atom stereocenters. The lowest BCUT2D eigenvalue weighted by molar-refractivity contribution is -0.226. The van der Waals surface area contributed by atoms with Crippen molar-refractivity contribution in [3.63, 3.8) is 0 Å². The maximum absolute atomic E-state index is 10.3. The highest BCUT2D eigenvalue weighted by atomic mass is 79.9. The van der Waals surface area contributed by atoms with Crippen LogP contribution in [-0.2, 0) is 4.74 Å². The Kier molecular flexibility index (Phi) is 3.55. The van der Waals surface area contributed by atoms with E-state index in [1.54, 1.807) is 0 Å². The van der Waals surface area contributed by atoms with Gasteiger partial charge in [-0.3, -0.25) is 0 Å². The number of alkyl halides is 1. The number of hydrogen-bond acceptors (Lipinski definition) is 2. The maximum Gasteiger partial charge on any atom is 0.158 e. The summed E-state index contributed by atoms with van der Waals surface area (Å²) in [6.45, 7) is 8.12. The van der Waals surface area contributed by atoms with Crippen molar-refractivity contribution >= 4 is 15.9 Å². The van der Waals surface area contributed by atoms with Crippen LogP contribution in [0.25, 0.3) is 0 Å². The zero-order valence-corrected chi connectivity index (χ0v) is 13.9. The Bertz CT molecular complexity index is 357. The van der Waals surface area contributed by atoms with E-state index in [0.717, 1.165) is 18.9 Å².